The second-order valence-corrected chi connectivity index (χ2v) is 7.98. The van der Waals surface area contributed by atoms with E-state index in [9.17, 15) is 26.4 Å². The second-order valence-electron chi connectivity index (χ2n) is 4.81. The van der Waals surface area contributed by atoms with Gasteiger partial charge >= 0.3 is 16.4 Å². The van der Waals surface area contributed by atoms with E-state index in [1.165, 1.54) is 6.92 Å². The minimum absolute atomic E-state index is 0.0113. The Morgan fingerprint density at radius 2 is 2.00 bits per heavy atom. The van der Waals surface area contributed by atoms with Crippen molar-refractivity contribution in [1.82, 2.24) is 14.3 Å². The van der Waals surface area contributed by atoms with Crippen molar-refractivity contribution in [2.24, 2.45) is 0 Å². The molecule has 0 aromatic heterocycles. The monoisotopic (exact) mass is 357 g/mol. The van der Waals surface area contributed by atoms with Gasteiger partial charge in [0.25, 0.3) is 0 Å². The molecule has 2 aliphatic rings. The van der Waals surface area contributed by atoms with Gasteiger partial charge in [0.15, 0.2) is 0 Å². The Hall–Kier alpha value is -1.44. The Morgan fingerprint density at radius 1 is 1.36 bits per heavy atom. The first-order chi connectivity index (χ1) is 10.1. The number of carbonyl (C=O) groups excluding carboxylic acids is 2. The number of fused-ring (bicyclic) bond motifs is 2. The van der Waals surface area contributed by atoms with E-state index in [0.717, 1.165) is 4.90 Å². The van der Waals surface area contributed by atoms with E-state index in [0.29, 0.717) is 9.37 Å². The molecule has 22 heavy (non-hydrogen) atoms. The average Bonchev–Trinajstić information content (AvgIpc) is 2.65. The Bertz CT molecular complexity index is 675. The number of piperidine rings is 1. The minimum atomic E-state index is -4.88. The van der Waals surface area contributed by atoms with Crippen molar-refractivity contribution in [3.05, 3.63) is 0 Å². The second kappa shape index (κ2) is 5.64. The fourth-order valence-electron chi connectivity index (χ4n) is 2.55. The Kier molecular flexibility index (Phi) is 4.34. The van der Waals surface area contributed by atoms with Crippen molar-refractivity contribution >= 4 is 32.9 Å². The van der Waals surface area contributed by atoms with Crippen LogP contribution in [-0.4, -0.2) is 72.6 Å². The van der Waals surface area contributed by atoms with E-state index in [1.54, 1.807) is 0 Å². The van der Waals surface area contributed by atoms with Crippen LogP contribution in [0.1, 0.15) is 19.8 Å². The average molecular weight is 357 g/mol. The molecular formula is C9H15N3O8S2. The predicted molar refractivity (Wildman–Crippen MR) is 70.7 cm³/mol. The van der Waals surface area contributed by atoms with Gasteiger partial charge in [0.1, 0.15) is 6.17 Å². The molecule has 2 rings (SSSR count). The van der Waals surface area contributed by atoms with Crippen LogP contribution in [0.2, 0.25) is 0 Å². The van der Waals surface area contributed by atoms with E-state index in [-0.39, 0.29) is 31.5 Å². The van der Waals surface area contributed by atoms with Gasteiger partial charge in [-0.25, -0.2) is 17.5 Å². The topological polar surface area (TPSA) is 142 Å². The number of carbonyl (C=O) groups is 2. The SMILES string of the molecule is CCS(=O)(=O)N(C=O)[C@H]1CC[C@@H]2CN1C(=O)N2OS(=O)(=O)O. The first kappa shape index (κ1) is 16.9. The molecule has 11 nitrogen and oxygen atoms in total. The molecule has 2 fully saturated rings. The maximum absolute atomic E-state index is 12.1. The molecule has 0 radical (unpaired) electrons. The van der Waals surface area contributed by atoms with E-state index < -0.39 is 38.7 Å². The molecule has 3 amide bonds. The fraction of sp³-hybridized carbons (Fsp3) is 0.778. The molecule has 13 heteroatoms. The number of hydrogen-bond donors (Lipinski definition) is 1. The summed E-state index contributed by atoms with van der Waals surface area (Å²) in [5.74, 6) is -0.321. The van der Waals surface area contributed by atoms with Crippen molar-refractivity contribution < 1.29 is 35.3 Å². The van der Waals surface area contributed by atoms with Crippen molar-refractivity contribution in [3.63, 3.8) is 0 Å². The lowest BCUT2D eigenvalue weighted by Gasteiger charge is -2.35. The highest BCUT2D eigenvalue weighted by molar-refractivity contribution is 7.89. The van der Waals surface area contributed by atoms with Crippen molar-refractivity contribution in [1.29, 1.82) is 0 Å². The lowest BCUT2D eigenvalue weighted by atomic mass is 10.1. The van der Waals surface area contributed by atoms with Crippen LogP contribution >= 0.6 is 0 Å². The third kappa shape index (κ3) is 3.02. The first-order valence-electron chi connectivity index (χ1n) is 6.34. The summed E-state index contributed by atoms with van der Waals surface area (Å²) in [6, 6.07) is -1.58. The number of hydrogen-bond acceptors (Lipinski definition) is 7. The summed E-state index contributed by atoms with van der Waals surface area (Å²) < 4.78 is 58.8. The van der Waals surface area contributed by atoms with E-state index >= 15 is 0 Å². The molecule has 0 spiro atoms. The van der Waals surface area contributed by atoms with Gasteiger partial charge in [0.2, 0.25) is 16.4 Å². The van der Waals surface area contributed by atoms with Gasteiger partial charge in [-0.1, -0.05) is 0 Å². The maximum Gasteiger partial charge on any atom is 0.418 e. The molecular weight excluding hydrogens is 342 g/mol. The maximum atomic E-state index is 12.1. The molecule has 2 aliphatic heterocycles. The van der Waals surface area contributed by atoms with Crippen LogP contribution in [-0.2, 0) is 29.5 Å². The molecule has 126 valence electrons. The highest BCUT2D eigenvalue weighted by Gasteiger charge is 2.50. The minimum Gasteiger partial charge on any atom is -0.299 e. The Balaban J connectivity index is 2.27. The zero-order chi connectivity index (χ0) is 16.7. The third-order valence-electron chi connectivity index (χ3n) is 3.55. The normalized spacial score (nSPS) is 25.5. The van der Waals surface area contributed by atoms with Gasteiger partial charge in [-0.05, 0) is 19.8 Å². The van der Waals surface area contributed by atoms with Crippen LogP contribution < -0.4 is 0 Å². The summed E-state index contributed by atoms with van der Waals surface area (Å²) in [6.45, 7) is 1.35. The third-order valence-corrected chi connectivity index (χ3v) is 5.60. The van der Waals surface area contributed by atoms with Crippen LogP contribution in [0.25, 0.3) is 0 Å². The largest absolute Gasteiger partial charge is 0.418 e. The van der Waals surface area contributed by atoms with Gasteiger partial charge < -0.3 is 0 Å². The number of sulfonamides is 1. The molecule has 2 heterocycles. The number of hydroxylamine groups is 2. The standard InChI is InChI=1S/C9H15N3O8S2/c1-2-21(15,16)11(6-13)8-4-3-7-5-10(8)9(14)12(7)20-22(17,18)19/h6-8H,2-5H2,1H3,(H,17,18,19)/t7-,8+/m1/s1. The Morgan fingerprint density at radius 3 is 2.50 bits per heavy atom. The summed E-state index contributed by atoms with van der Waals surface area (Å²) in [4.78, 5) is 24.3. The van der Waals surface area contributed by atoms with Crippen LogP contribution in [0.5, 0.6) is 0 Å². The van der Waals surface area contributed by atoms with Gasteiger partial charge in [-0.2, -0.15) is 13.5 Å². The van der Waals surface area contributed by atoms with E-state index in [1.807, 2.05) is 0 Å². The molecule has 2 bridgehead atoms. The fourth-order valence-corrected chi connectivity index (χ4v) is 3.95. The van der Waals surface area contributed by atoms with E-state index in [2.05, 4.69) is 4.28 Å². The summed E-state index contributed by atoms with van der Waals surface area (Å²) >= 11 is 0. The highest BCUT2D eigenvalue weighted by Crippen LogP contribution is 2.32. The van der Waals surface area contributed by atoms with Gasteiger partial charge in [0, 0.05) is 6.54 Å². The van der Waals surface area contributed by atoms with Crippen LogP contribution in [0.4, 0.5) is 4.79 Å². The molecule has 0 unspecified atom stereocenters. The highest BCUT2D eigenvalue weighted by atomic mass is 32.3. The predicted octanol–water partition coefficient (Wildman–Crippen LogP) is -1.24. The zero-order valence-electron chi connectivity index (χ0n) is 11.5. The summed E-state index contributed by atoms with van der Waals surface area (Å²) in [7, 11) is -8.74. The molecule has 2 saturated heterocycles. The lowest BCUT2D eigenvalue weighted by molar-refractivity contribution is -0.117. The van der Waals surface area contributed by atoms with Crippen molar-refractivity contribution in [3.8, 4) is 0 Å². The van der Waals surface area contributed by atoms with Crippen molar-refractivity contribution in [2.45, 2.75) is 32.0 Å². The van der Waals surface area contributed by atoms with E-state index in [4.69, 9.17) is 4.55 Å². The summed E-state index contributed by atoms with van der Waals surface area (Å²) in [5, 5.41) is 0.483. The van der Waals surface area contributed by atoms with Crippen LogP contribution in [0, 0.1) is 0 Å². The smallest absolute Gasteiger partial charge is 0.299 e. The quantitative estimate of drug-likeness (QED) is 0.459. The number of nitrogens with zero attached hydrogens (tertiary/aromatic N) is 3. The van der Waals surface area contributed by atoms with Crippen LogP contribution in [0.15, 0.2) is 0 Å². The van der Waals surface area contributed by atoms with Crippen LogP contribution in [0.3, 0.4) is 0 Å². The molecule has 0 aromatic rings. The van der Waals surface area contributed by atoms with Crippen molar-refractivity contribution in [2.75, 3.05) is 12.3 Å². The van der Waals surface area contributed by atoms with Gasteiger partial charge in [-0.15, -0.1) is 4.28 Å². The van der Waals surface area contributed by atoms with Gasteiger partial charge in [0.05, 0.1) is 11.8 Å². The molecule has 0 aromatic carbocycles. The molecule has 0 aliphatic carbocycles. The zero-order valence-corrected chi connectivity index (χ0v) is 13.2. The lowest BCUT2D eigenvalue weighted by Crippen LogP contribution is -2.53. The summed E-state index contributed by atoms with van der Waals surface area (Å²) in [6.07, 6.45) is -0.559. The summed E-state index contributed by atoms with van der Waals surface area (Å²) in [5.41, 5.74) is 0. The Labute approximate surface area is 127 Å². The first-order valence-corrected chi connectivity index (χ1v) is 9.31. The molecule has 1 N–H and O–H groups in total. The molecule has 0 saturated carbocycles. The number of amides is 3. The molecule has 2 atom stereocenters. The number of urea groups is 1. The number of rotatable bonds is 6. The van der Waals surface area contributed by atoms with Gasteiger partial charge in [-0.3, -0.25) is 14.2 Å².